The number of benzene rings is 1. The summed E-state index contributed by atoms with van der Waals surface area (Å²) in [6, 6.07) is 8.50. The van der Waals surface area contributed by atoms with E-state index in [0.29, 0.717) is 40.6 Å². The quantitative estimate of drug-likeness (QED) is 0.551. The molecule has 2 N–H and O–H groups in total. The van der Waals surface area contributed by atoms with Gasteiger partial charge in [0.2, 0.25) is 11.8 Å². The van der Waals surface area contributed by atoms with Gasteiger partial charge in [-0.15, -0.1) is 0 Å². The van der Waals surface area contributed by atoms with Crippen LogP contribution in [0.5, 0.6) is 5.75 Å². The fourth-order valence-electron chi connectivity index (χ4n) is 3.15. The van der Waals surface area contributed by atoms with Crippen molar-refractivity contribution in [1.29, 1.82) is 0 Å². The molecule has 2 aromatic rings. The average molecular weight is 492 g/mol. The number of nitrogens with one attached hydrogen (secondary N) is 2. The summed E-state index contributed by atoms with van der Waals surface area (Å²) in [6.07, 6.45) is 2.57. The summed E-state index contributed by atoms with van der Waals surface area (Å²) in [6.45, 7) is 5.43. The number of ether oxygens (including phenoxy) is 1. The first-order chi connectivity index (χ1) is 14.8. The van der Waals surface area contributed by atoms with Crippen LogP contribution in [0.3, 0.4) is 0 Å². The van der Waals surface area contributed by atoms with Crippen LogP contribution in [0.1, 0.15) is 42.8 Å². The molecule has 0 saturated carbocycles. The van der Waals surface area contributed by atoms with Crippen molar-refractivity contribution in [3.8, 4) is 5.75 Å². The number of furan rings is 1. The summed E-state index contributed by atoms with van der Waals surface area (Å²) in [5.41, 5.74) is 5.19. The van der Waals surface area contributed by atoms with E-state index >= 15 is 0 Å². The van der Waals surface area contributed by atoms with Crippen molar-refractivity contribution in [1.82, 2.24) is 15.8 Å². The molecular weight excluding hydrogens is 466 g/mol. The van der Waals surface area contributed by atoms with Crippen LogP contribution in [0, 0.1) is 11.8 Å². The van der Waals surface area contributed by atoms with Gasteiger partial charge in [-0.2, -0.15) is 0 Å². The number of nitrogens with zero attached hydrogens (tertiary/aromatic N) is 1. The van der Waals surface area contributed by atoms with Crippen molar-refractivity contribution >= 4 is 33.7 Å². The second kappa shape index (κ2) is 10.5. The van der Waals surface area contributed by atoms with Gasteiger partial charge in [-0.25, -0.2) is 0 Å². The molecule has 3 rings (SSSR count). The fourth-order valence-corrected chi connectivity index (χ4v) is 3.64. The van der Waals surface area contributed by atoms with Crippen LogP contribution in [0.15, 0.2) is 45.5 Å². The van der Waals surface area contributed by atoms with E-state index in [1.165, 1.54) is 6.26 Å². The fraction of sp³-hybridized carbons (Fsp3) is 0.409. The summed E-state index contributed by atoms with van der Waals surface area (Å²) in [5, 5.41) is 0. The molecule has 1 aliphatic heterocycles. The molecule has 1 aromatic heterocycles. The van der Waals surface area contributed by atoms with Crippen molar-refractivity contribution in [3.63, 3.8) is 0 Å². The highest BCUT2D eigenvalue weighted by molar-refractivity contribution is 9.10. The lowest BCUT2D eigenvalue weighted by molar-refractivity contribution is -0.129. The maximum Gasteiger partial charge on any atom is 0.269 e. The van der Waals surface area contributed by atoms with Gasteiger partial charge in [0.05, 0.1) is 29.8 Å². The van der Waals surface area contributed by atoms with Gasteiger partial charge in [-0.05, 0) is 58.6 Å². The van der Waals surface area contributed by atoms with E-state index < -0.39 is 17.7 Å². The molecular formula is C22H26BrN3O5. The van der Waals surface area contributed by atoms with E-state index in [-0.39, 0.29) is 18.9 Å². The van der Waals surface area contributed by atoms with E-state index in [1.807, 2.05) is 0 Å². The highest BCUT2D eigenvalue weighted by atomic mass is 79.9. The van der Waals surface area contributed by atoms with Crippen LogP contribution in [-0.2, 0) is 16.1 Å². The topological polar surface area (TPSA) is 101 Å². The molecule has 1 saturated heterocycles. The molecule has 1 atom stereocenters. The second-order valence-corrected chi connectivity index (χ2v) is 8.73. The number of hydrogen-bond acceptors (Lipinski definition) is 5. The lowest BCUT2D eigenvalue weighted by Gasteiger charge is -2.15. The molecule has 2 heterocycles. The Morgan fingerprint density at radius 3 is 2.77 bits per heavy atom. The maximum atomic E-state index is 12.4. The van der Waals surface area contributed by atoms with Crippen LogP contribution in [0.4, 0.5) is 0 Å². The smallest absolute Gasteiger partial charge is 0.269 e. The van der Waals surface area contributed by atoms with Crippen molar-refractivity contribution in [2.24, 2.45) is 11.8 Å². The predicted molar refractivity (Wildman–Crippen MR) is 117 cm³/mol. The van der Waals surface area contributed by atoms with Gasteiger partial charge in [0, 0.05) is 18.5 Å². The van der Waals surface area contributed by atoms with E-state index in [2.05, 4.69) is 40.6 Å². The van der Waals surface area contributed by atoms with Crippen LogP contribution < -0.4 is 15.6 Å². The molecule has 8 nitrogen and oxygen atoms in total. The number of hydrazine groups is 1. The number of halogens is 1. The van der Waals surface area contributed by atoms with Gasteiger partial charge in [0.15, 0.2) is 0 Å². The minimum absolute atomic E-state index is 0.0936. The molecule has 9 heteroatoms. The van der Waals surface area contributed by atoms with E-state index in [0.717, 1.165) is 6.42 Å². The van der Waals surface area contributed by atoms with Crippen LogP contribution >= 0.6 is 15.9 Å². The van der Waals surface area contributed by atoms with Gasteiger partial charge >= 0.3 is 0 Å². The van der Waals surface area contributed by atoms with Crippen LogP contribution in [0.2, 0.25) is 0 Å². The molecule has 0 aliphatic carbocycles. The van der Waals surface area contributed by atoms with Crippen LogP contribution in [0.25, 0.3) is 0 Å². The monoisotopic (exact) mass is 491 g/mol. The molecule has 31 heavy (non-hydrogen) atoms. The molecule has 1 unspecified atom stereocenters. The van der Waals surface area contributed by atoms with Crippen molar-refractivity contribution < 1.29 is 23.5 Å². The van der Waals surface area contributed by atoms with Gasteiger partial charge < -0.3 is 14.1 Å². The first-order valence-corrected chi connectivity index (χ1v) is 11.0. The predicted octanol–water partition coefficient (Wildman–Crippen LogP) is 3.28. The van der Waals surface area contributed by atoms with Crippen LogP contribution in [-0.4, -0.2) is 35.8 Å². The summed E-state index contributed by atoms with van der Waals surface area (Å²) in [4.78, 5) is 38.5. The Bertz CT molecular complexity index is 929. The number of likely N-dealkylation sites (tertiary alicyclic amines) is 1. The normalized spacial score (nSPS) is 15.9. The SMILES string of the molecule is CC(C)CCOc1ccc(C(=O)NNC(=O)C2CC(=O)N(Cc3ccco3)C2)cc1Br. The Morgan fingerprint density at radius 2 is 2.10 bits per heavy atom. The average Bonchev–Trinajstić information content (AvgIpc) is 3.37. The maximum absolute atomic E-state index is 12.4. The third-order valence-electron chi connectivity index (χ3n) is 4.96. The zero-order valence-corrected chi connectivity index (χ0v) is 19.1. The number of carbonyl (C=O) groups excluding carboxylic acids is 3. The molecule has 1 aromatic carbocycles. The van der Waals surface area contributed by atoms with Crippen molar-refractivity contribution in [2.45, 2.75) is 33.2 Å². The first kappa shape index (κ1) is 22.9. The van der Waals surface area contributed by atoms with E-state index in [9.17, 15) is 14.4 Å². The molecule has 1 fully saturated rings. The van der Waals surface area contributed by atoms with Gasteiger partial charge in [0.25, 0.3) is 5.91 Å². The second-order valence-electron chi connectivity index (χ2n) is 7.87. The minimum Gasteiger partial charge on any atom is -0.492 e. The Hall–Kier alpha value is -2.81. The molecule has 3 amide bonds. The molecule has 0 radical (unpaired) electrons. The largest absolute Gasteiger partial charge is 0.492 e. The summed E-state index contributed by atoms with van der Waals surface area (Å²) in [7, 11) is 0. The third kappa shape index (κ3) is 6.33. The van der Waals surface area contributed by atoms with Crippen molar-refractivity contribution in [2.75, 3.05) is 13.2 Å². The lowest BCUT2D eigenvalue weighted by atomic mass is 10.1. The highest BCUT2D eigenvalue weighted by Crippen LogP contribution is 2.26. The zero-order chi connectivity index (χ0) is 22.4. The highest BCUT2D eigenvalue weighted by Gasteiger charge is 2.34. The number of carbonyl (C=O) groups is 3. The molecule has 1 aliphatic rings. The summed E-state index contributed by atoms with van der Waals surface area (Å²) in [5.74, 6) is 0.328. The standard InChI is InChI=1S/C22H26BrN3O5/c1-14(2)7-9-31-19-6-5-15(10-18(19)23)21(28)24-25-22(29)16-11-20(27)26(12-16)13-17-4-3-8-30-17/h3-6,8,10,14,16H,7,9,11-13H2,1-2H3,(H,24,28)(H,25,29). The third-order valence-corrected chi connectivity index (χ3v) is 5.58. The molecule has 166 valence electrons. The zero-order valence-electron chi connectivity index (χ0n) is 17.5. The van der Waals surface area contributed by atoms with E-state index in [1.54, 1.807) is 35.2 Å². The Labute approximate surface area is 189 Å². The van der Waals surface area contributed by atoms with E-state index in [4.69, 9.17) is 9.15 Å². The Balaban J connectivity index is 1.48. The van der Waals surface area contributed by atoms with Gasteiger partial charge in [-0.1, -0.05) is 13.8 Å². The molecule has 0 spiro atoms. The first-order valence-electron chi connectivity index (χ1n) is 10.2. The van der Waals surface area contributed by atoms with Crippen molar-refractivity contribution in [3.05, 3.63) is 52.4 Å². The number of rotatable bonds is 8. The number of amides is 3. The summed E-state index contributed by atoms with van der Waals surface area (Å²) >= 11 is 3.41. The van der Waals surface area contributed by atoms with Gasteiger partial charge in [0.1, 0.15) is 11.5 Å². The Kier molecular flexibility index (Phi) is 7.73. The van der Waals surface area contributed by atoms with Gasteiger partial charge in [-0.3, -0.25) is 25.2 Å². The lowest BCUT2D eigenvalue weighted by Crippen LogP contribution is -2.45. The molecule has 0 bridgehead atoms. The Morgan fingerprint density at radius 1 is 1.29 bits per heavy atom. The minimum atomic E-state index is -0.536. The summed E-state index contributed by atoms with van der Waals surface area (Å²) < 4.78 is 11.6. The number of hydrogen-bond donors (Lipinski definition) is 2.